The largest absolute Gasteiger partial charge is 0.204 e. The van der Waals surface area contributed by atoms with Crippen molar-refractivity contribution in [3.63, 3.8) is 0 Å². The zero-order valence-corrected chi connectivity index (χ0v) is 6.75. The topological polar surface area (TPSA) is 62.9 Å². The van der Waals surface area contributed by atoms with Gasteiger partial charge in [-0.05, 0) is 16.5 Å². The van der Waals surface area contributed by atoms with Crippen molar-refractivity contribution < 1.29 is 20.0 Å². The lowest BCUT2D eigenvalue weighted by atomic mass is 10.2. The molecule has 68 valence electrons. The first-order valence-corrected chi connectivity index (χ1v) is 3.73. The first kappa shape index (κ1) is 10.8. The summed E-state index contributed by atoms with van der Waals surface area (Å²) < 4.78 is 0. The van der Waals surface area contributed by atoms with E-state index in [1.807, 2.05) is 0 Å². The molecule has 0 aliphatic rings. The Hall–Kier alpha value is -0.200. The highest BCUT2D eigenvalue weighted by Gasteiger charge is 1.89. The number of hydrogen-bond donors (Lipinski definition) is 1. The first-order valence-electron chi connectivity index (χ1n) is 3.73. The maximum atomic E-state index is 4.49. The van der Waals surface area contributed by atoms with Crippen molar-refractivity contribution in [2.45, 2.75) is 32.6 Å². The van der Waals surface area contributed by atoms with E-state index in [0.717, 1.165) is 12.8 Å². The van der Waals surface area contributed by atoms with Gasteiger partial charge >= 0.3 is 0 Å². The van der Waals surface area contributed by atoms with Crippen LogP contribution < -0.4 is 5.90 Å². The van der Waals surface area contributed by atoms with E-state index in [4.69, 9.17) is 0 Å². The first-order chi connectivity index (χ1) is 5.41. The summed E-state index contributed by atoms with van der Waals surface area (Å²) in [7, 11) is 0. The van der Waals surface area contributed by atoms with Gasteiger partial charge in [-0.2, -0.15) is 5.90 Å². The van der Waals surface area contributed by atoms with E-state index in [0.29, 0.717) is 6.61 Å². The van der Waals surface area contributed by atoms with Crippen LogP contribution in [-0.4, -0.2) is 6.61 Å². The summed E-state index contributed by atoms with van der Waals surface area (Å²) in [6.45, 7) is 2.63. The third kappa shape index (κ3) is 9.80. The van der Waals surface area contributed by atoms with Crippen molar-refractivity contribution in [3.8, 4) is 0 Å². The molecule has 0 radical (unpaired) electrons. The Morgan fingerprint density at radius 3 is 2.55 bits per heavy atom. The highest BCUT2D eigenvalue weighted by molar-refractivity contribution is 4.36. The van der Waals surface area contributed by atoms with Crippen LogP contribution in [0.3, 0.4) is 0 Å². The minimum atomic E-state index is 0.489. The summed E-state index contributed by atoms with van der Waals surface area (Å²) in [5, 5.41) is 7.81. The van der Waals surface area contributed by atoms with Crippen LogP contribution in [0.2, 0.25) is 0 Å². The predicted molar refractivity (Wildman–Crippen MR) is 37.5 cm³/mol. The quantitative estimate of drug-likeness (QED) is 0.333. The maximum absolute atomic E-state index is 4.49. The molecule has 0 bridgehead atoms. The van der Waals surface area contributed by atoms with E-state index in [9.17, 15) is 0 Å². The Morgan fingerprint density at radius 1 is 1.09 bits per heavy atom. The van der Waals surface area contributed by atoms with E-state index < -0.39 is 0 Å². The standard InChI is InChI=1S/C6H15NO4/c1-2-3-4-5-6-8-10-11-9-7/h2-7H2,1H3. The SMILES string of the molecule is CCCCCCOOOON. The van der Waals surface area contributed by atoms with E-state index in [1.54, 1.807) is 0 Å². The van der Waals surface area contributed by atoms with Crippen molar-refractivity contribution in [2.75, 3.05) is 6.61 Å². The van der Waals surface area contributed by atoms with Crippen LogP contribution in [-0.2, 0) is 20.0 Å². The van der Waals surface area contributed by atoms with Crippen LogP contribution in [0, 0.1) is 0 Å². The van der Waals surface area contributed by atoms with Gasteiger partial charge in [0.25, 0.3) is 0 Å². The molecule has 0 aromatic carbocycles. The highest BCUT2D eigenvalue weighted by Crippen LogP contribution is 1.98. The smallest absolute Gasteiger partial charge is 0.0855 e. The van der Waals surface area contributed by atoms with Gasteiger partial charge in [-0.1, -0.05) is 26.2 Å². The number of nitrogens with two attached hydrogens (primary N) is 1. The summed E-state index contributed by atoms with van der Waals surface area (Å²) >= 11 is 0. The monoisotopic (exact) mass is 165 g/mol. The zero-order chi connectivity index (χ0) is 8.36. The molecule has 0 aromatic rings. The van der Waals surface area contributed by atoms with Crippen molar-refractivity contribution >= 4 is 0 Å². The van der Waals surface area contributed by atoms with Gasteiger partial charge in [0.15, 0.2) is 0 Å². The van der Waals surface area contributed by atoms with Gasteiger partial charge in [-0.25, -0.2) is 4.89 Å². The molecule has 0 aliphatic carbocycles. The lowest BCUT2D eigenvalue weighted by Crippen LogP contribution is -2.03. The molecule has 2 N–H and O–H groups in total. The molecular formula is C6H15NO4. The van der Waals surface area contributed by atoms with E-state index in [-0.39, 0.29) is 0 Å². The van der Waals surface area contributed by atoms with Gasteiger partial charge in [0, 0.05) is 0 Å². The van der Waals surface area contributed by atoms with E-state index in [1.165, 1.54) is 12.8 Å². The Morgan fingerprint density at radius 2 is 1.91 bits per heavy atom. The Balaban J connectivity index is 2.69. The van der Waals surface area contributed by atoms with Crippen molar-refractivity contribution in [2.24, 2.45) is 5.90 Å². The normalized spacial score (nSPS) is 10.4. The number of hydrogen-bond acceptors (Lipinski definition) is 5. The lowest BCUT2D eigenvalue weighted by Gasteiger charge is -1.98. The molecule has 5 nitrogen and oxygen atoms in total. The van der Waals surface area contributed by atoms with Crippen LogP contribution in [0.25, 0.3) is 0 Å². The summed E-state index contributed by atoms with van der Waals surface area (Å²) in [6, 6.07) is 0. The van der Waals surface area contributed by atoms with Gasteiger partial charge < -0.3 is 0 Å². The Bertz CT molecular complexity index is 63.6. The average molecular weight is 165 g/mol. The molecule has 11 heavy (non-hydrogen) atoms. The molecule has 0 fully saturated rings. The third-order valence-electron chi connectivity index (χ3n) is 1.20. The third-order valence-corrected chi connectivity index (χ3v) is 1.20. The lowest BCUT2D eigenvalue weighted by molar-refractivity contribution is -0.636. The van der Waals surface area contributed by atoms with Gasteiger partial charge in [0.2, 0.25) is 0 Å². The molecule has 0 saturated heterocycles. The fourth-order valence-corrected chi connectivity index (χ4v) is 0.657. The maximum Gasteiger partial charge on any atom is 0.0855 e. The minimum absolute atomic E-state index is 0.489. The molecule has 0 aliphatic heterocycles. The fourth-order valence-electron chi connectivity index (χ4n) is 0.657. The van der Waals surface area contributed by atoms with Crippen LogP contribution in [0.15, 0.2) is 0 Å². The van der Waals surface area contributed by atoms with Crippen LogP contribution >= 0.6 is 0 Å². The van der Waals surface area contributed by atoms with Crippen molar-refractivity contribution in [1.82, 2.24) is 0 Å². The van der Waals surface area contributed by atoms with Crippen LogP contribution in [0.4, 0.5) is 0 Å². The zero-order valence-electron chi connectivity index (χ0n) is 6.75. The molecule has 0 heterocycles. The summed E-state index contributed by atoms with van der Waals surface area (Å²) in [5.41, 5.74) is 0. The Labute approximate surface area is 66.1 Å². The second-order valence-corrected chi connectivity index (χ2v) is 2.11. The summed E-state index contributed by atoms with van der Waals surface area (Å²) in [6.07, 6.45) is 4.48. The van der Waals surface area contributed by atoms with Crippen LogP contribution in [0.1, 0.15) is 32.6 Å². The second-order valence-electron chi connectivity index (χ2n) is 2.11. The van der Waals surface area contributed by atoms with Crippen molar-refractivity contribution in [1.29, 1.82) is 0 Å². The summed E-state index contributed by atoms with van der Waals surface area (Å²) in [5.74, 6) is 4.46. The van der Waals surface area contributed by atoms with E-state index >= 15 is 0 Å². The van der Waals surface area contributed by atoms with Crippen LogP contribution in [0.5, 0.6) is 0 Å². The fraction of sp³-hybridized carbons (Fsp3) is 1.00. The van der Waals surface area contributed by atoms with Crippen molar-refractivity contribution in [3.05, 3.63) is 0 Å². The number of unbranched alkanes of at least 4 members (excludes halogenated alkanes) is 3. The van der Waals surface area contributed by atoms with Gasteiger partial charge in [0.1, 0.15) is 0 Å². The highest BCUT2D eigenvalue weighted by atomic mass is 17.7. The molecule has 0 atom stereocenters. The molecule has 0 spiro atoms. The predicted octanol–water partition coefficient (Wildman–Crippen LogP) is 1.25. The molecule has 0 saturated carbocycles. The Kier molecular flexibility index (Phi) is 9.62. The summed E-state index contributed by atoms with van der Waals surface area (Å²) in [4.78, 5) is 8.12. The molecule has 5 heteroatoms. The molecule has 0 aromatic heterocycles. The second kappa shape index (κ2) is 9.80. The molecule has 0 unspecified atom stereocenters. The molecule has 0 amide bonds. The van der Waals surface area contributed by atoms with E-state index in [2.05, 4.69) is 32.8 Å². The molecule has 0 rings (SSSR count). The van der Waals surface area contributed by atoms with Gasteiger partial charge in [0.05, 0.1) is 6.61 Å². The molecular weight excluding hydrogens is 150 g/mol. The minimum Gasteiger partial charge on any atom is -0.204 e. The van der Waals surface area contributed by atoms with Gasteiger partial charge in [-0.3, -0.25) is 0 Å². The average Bonchev–Trinajstić information content (AvgIpc) is 2.03. The number of rotatable bonds is 8. The van der Waals surface area contributed by atoms with Gasteiger partial charge in [-0.15, -0.1) is 4.99 Å².